The average Bonchev–Trinajstić information content (AvgIpc) is 2.67. The van der Waals surface area contributed by atoms with Gasteiger partial charge in [0.15, 0.2) is 0 Å². The predicted octanol–water partition coefficient (Wildman–Crippen LogP) is 0.691. The van der Waals surface area contributed by atoms with Gasteiger partial charge in [-0.15, -0.1) is 0 Å². The summed E-state index contributed by atoms with van der Waals surface area (Å²) in [6, 6.07) is 4.81. The summed E-state index contributed by atoms with van der Waals surface area (Å²) in [7, 11) is 0. The fourth-order valence-corrected chi connectivity index (χ4v) is 3.00. The molecule has 1 aromatic rings. The predicted molar refractivity (Wildman–Crippen MR) is 110 cm³/mol. The van der Waals surface area contributed by atoms with Gasteiger partial charge in [0.1, 0.15) is 6.04 Å². The van der Waals surface area contributed by atoms with Crippen molar-refractivity contribution in [3.05, 3.63) is 35.9 Å². The van der Waals surface area contributed by atoms with Crippen molar-refractivity contribution in [2.24, 2.45) is 17.4 Å². The zero-order valence-corrected chi connectivity index (χ0v) is 17.6. The van der Waals surface area contributed by atoms with E-state index in [1.807, 2.05) is 13.8 Å². The van der Waals surface area contributed by atoms with Crippen molar-refractivity contribution < 1.29 is 29.0 Å². The molecule has 3 atom stereocenters. The molecule has 9 nitrogen and oxygen atoms in total. The standard InChI is InChI=1S/C21H31N3O6/c1-4-30-18(25)12-17(21(28)29)24(19(26)15(22)10-13(2)3)20(27)16(23)11-14-8-6-5-7-9-14/h5-9,13,15-17H,4,10-12,22-23H2,1-3H3,(H,28,29)/t15-,16-,17-/m0/s1. The molecule has 30 heavy (non-hydrogen) atoms. The second-order valence-electron chi connectivity index (χ2n) is 7.44. The van der Waals surface area contributed by atoms with Crippen molar-refractivity contribution in [2.75, 3.05) is 6.61 Å². The maximum atomic E-state index is 13.1. The summed E-state index contributed by atoms with van der Waals surface area (Å²) in [6.07, 6.45) is -0.357. The Morgan fingerprint density at radius 1 is 1.03 bits per heavy atom. The number of ether oxygens (including phenoxy) is 1. The van der Waals surface area contributed by atoms with Gasteiger partial charge in [-0.25, -0.2) is 4.79 Å². The fourth-order valence-electron chi connectivity index (χ4n) is 3.00. The van der Waals surface area contributed by atoms with Crippen molar-refractivity contribution in [3.63, 3.8) is 0 Å². The minimum atomic E-state index is -1.76. The van der Waals surface area contributed by atoms with Gasteiger partial charge >= 0.3 is 11.9 Å². The number of imide groups is 1. The Labute approximate surface area is 176 Å². The highest BCUT2D eigenvalue weighted by Gasteiger charge is 2.40. The van der Waals surface area contributed by atoms with Crippen LogP contribution in [-0.2, 0) is 30.3 Å². The molecule has 0 aliphatic carbocycles. The van der Waals surface area contributed by atoms with Crippen LogP contribution in [0.3, 0.4) is 0 Å². The van der Waals surface area contributed by atoms with Crippen LogP contribution >= 0.6 is 0 Å². The van der Waals surface area contributed by atoms with Crippen LogP contribution in [0.2, 0.25) is 0 Å². The van der Waals surface area contributed by atoms with E-state index in [4.69, 9.17) is 16.2 Å². The molecule has 166 valence electrons. The van der Waals surface area contributed by atoms with E-state index in [9.17, 15) is 24.3 Å². The number of nitrogens with two attached hydrogens (primary N) is 2. The second-order valence-corrected chi connectivity index (χ2v) is 7.44. The molecule has 5 N–H and O–H groups in total. The Morgan fingerprint density at radius 2 is 1.60 bits per heavy atom. The van der Waals surface area contributed by atoms with E-state index in [1.54, 1.807) is 37.3 Å². The lowest BCUT2D eigenvalue weighted by Crippen LogP contribution is -2.59. The van der Waals surface area contributed by atoms with Gasteiger partial charge in [-0.2, -0.15) is 0 Å². The van der Waals surface area contributed by atoms with Crippen LogP contribution in [0, 0.1) is 5.92 Å². The van der Waals surface area contributed by atoms with E-state index >= 15 is 0 Å². The molecule has 0 heterocycles. The SMILES string of the molecule is CCOC(=O)C[C@@H](C(=O)O)N(C(=O)[C@@H](N)Cc1ccccc1)C(=O)[C@@H](N)CC(C)C. The minimum Gasteiger partial charge on any atom is -0.480 e. The van der Waals surface area contributed by atoms with Crippen molar-refractivity contribution >= 4 is 23.8 Å². The number of benzene rings is 1. The smallest absolute Gasteiger partial charge is 0.327 e. The monoisotopic (exact) mass is 421 g/mol. The van der Waals surface area contributed by atoms with Crippen LogP contribution < -0.4 is 11.5 Å². The molecule has 0 aromatic heterocycles. The number of carbonyl (C=O) groups excluding carboxylic acids is 3. The van der Waals surface area contributed by atoms with Crippen molar-refractivity contribution in [1.29, 1.82) is 0 Å². The third-order valence-corrected chi connectivity index (χ3v) is 4.40. The summed E-state index contributed by atoms with van der Waals surface area (Å²) >= 11 is 0. The van der Waals surface area contributed by atoms with E-state index in [0.717, 1.165) is 5.56 Å². The first-order valence-corrected chi connectivity index (χ1v) is 9.88. The molecule has 0 saturated heterocycles. The van der Waals surface area contributed by atoms with Crippen molar-refractivity contribution in [1.82, 2.24) is 4.90 Å². The highest BCUT2D eigenvalue weighted by atomic mass is 16.5. The van der Waals surface area contributed by atoms with Gasteiger partial charge in [0.05, 0.1) is 25.1 Å². The molecule has 0 saturated carbocycles. The summed E-state index contributed by atoms with van der Waals surface area (Å²) in [6.45, 7) is 5.28. The van der Waals surface area contributed by atoms with Crippen molar-refractivity contribution in [3.8, 4) is 0 Å². The zero-order valence-electron chi connectivity index (χ0n) is 17.6. The third kappa shape index (κ3) is 7.57. The third-order valence-electron chi connectivity index (χ3n) is 4.40. The molecule has 0 unspecified atom stereocenters. The number of carbonyl (C=O) groups is 4. The lowest BCUT2D eigenvalue weighted by Gasteiger charge is -2.31. The first-order valence-electron chi connectivity index (χ1n) is 9.88. The van der Waals surface area contributed by atoms with Gasteiger partial charge in [0, 0.05) is 0 Å². The molecule has 1 aromatic carbocycles. The highest BCUT2D eigenvalue weighted by Crippen LogP contribution is 2.15. The van der Waals surface area contributed by atoms with E-state index in [1.165, 1.54) is 0 Å². The summed E-state index contributed by atoms with van der Waals surface area (Å²) < 4.78 is 4.80. The number of hydrogen-bond donors (Lipinski definition) is 3. The Bertz CT molecular complexity index is 738. The number of esters is 1. The molecule has 0 radical (unpaired) electrons. The van der Waals surface area contributed by atoms with Crippen molar-refractivity contribution in [2.45, 2.75) is 58.2 Å². The van der Waals surface area contributed by atoms with E-state index in [2.05, 4.69) is 0 Å². The first kappa shape index (κ1) is 25.3. The number of rotatable bonds is 11. The molecule has 0 aliphatic rings. The number of aliphatic carboxylic acids is 1. The largest absolute Gasteiger partial charge is 0.480 e. The fraction of sp³-hybridized carbons (Fsp3) is 0.524. The maximum absolute atomic E-state index is 13.1. The van der Waals surface area contributed by atoms with Crippen LogP contribution in [0.1, 0.15) is 39.2 Å². The average molecular weight is 421 g/mol. The quantitative estimate of drug-likeness (QED) is 0.441. The summed E-state index contributed by atoms with van der Waals surface area (Å²) in [4.78, 5) is 50.4. The molecular weight excluding hydrogens is 390 g/mol. The molecule has 0 aliphatic heterocycles. The summed E-state index contributed by atoms with van der Waals surface area (Å²) in [5.41, 5.74) is 12.7. The minimum absolute atomic E-state index is 0.0345. The Morgan fingerprint density at radius 3 is 2.10 bits per heavy atom. The van der Waals surface area contributed by atoms with Crippen LogP contribution in [-0.4, -0.2) is 58.5 Å². The van der Waals surface area contributed by atoms with Crippen LogP contribution in [0.5, 0.6) is 0 Å². The topological polar surface area (TPSA) is 153 Å². The lowest BCUT2D eigenvalue weighted by atomic mass is 10.00. The van der Waals surface area contributed by atoms with E-state index in [0.29, 0.717) is 4.90 Å². The Kier molecular flexibility index (Phi) is 10.1. The van der Waals surface area contributed by atoms with Gasteiger partial charge < -0.3 is 21.3 Å². The van der Waals surface area contributed by atoms with E-state index < -0.39 is 48.3 Å². The maximum Gasteiger partial charge on any atom is 0.327 e. The zero-order chi connectivity index (χ0) is 22.8. The molecule has 9 heteroatoms. The van der Waals surface area contributed by atoms with Crippen LogP contribution in [0.15, 0.2) is 30.3 Å². The number of carboxylic acid groups (broad SMARTS) is 1. The molecular formula is C21H31N3O6. The van der Waals surface area contributed by atoms with Gasteiger partial charge in [-0.1, -0.05) is 44.2 Å². The van der Waals surface area contributed by atoms with Gasteiger partial charge in [0.2, 0.25) is 11.8 Å². The Hall–Kier alpha value is -2.78. The van der Waals surface area contributed by atoms with Gasteiger partial charge in [0.25, 0.3) is 0 Å². The molecule has 0 bridgehead atoms. The molecule has 0 spiro atoms. The van der Waals surface area contributed by atoms with Crippen LogP contribution in [0.25, 0.3) is 0 Å². The number of nitrogens with zero attached hydrogens (tertiary/aromatic N) is 1. The highest BCUT2D eigenvalue weighted by molar-refractivity contribution is 6.04. The number of hydrogen-bond acceptors (Lipinski definition) is 7. The Balaban J connectivity index is 3.22. The van der Waals surface area contributed by atoms with Crippen LogP contribution in [0.4, 0.5) is 0 Å². The normalized spacial score (nSPS) is 13.9. The second kappa shape index (κ2) is 12.0. The summed E-state index contributed by atoms with van der Waals surface area (Å²) in [5, 5.41) is 9.66. The van der Waals surface area contributed by atoms with E-state index in [-0.39, 0.29) is 25.4 Å². The number of carboxylic acids is 1. The lowest BCUT2D eigenvalue weighted by molar-refractivity contribution is -0.162. The van der Waals surface area contributed by atoms with Gasteiger partial charge in [-0.05, 0) is 31.2 Å². The number of amides is 2. The molecule has 0 fully saturated rings. The van der Waals surface area contributed by atoms with Gasteiger partial charge in [-0.3, -0.25) is 19.3 Å². The molecule has 2 amide bonds. The first-order chi connectivity index (χ1) is 14.1. The molecule has 1 rings (SSSR count). The summed E-state index contributed by atoms with van der Waals surface area (Å²) in [5.74, 6) is -4.11.